The lowest BCUT2D eigenvalue weighted by Gasteiger charge is -2.09. The van der Waals surface area contributed by atoms with Crippen molar-refractivity contribution in [2.24, 2.45) is 7.05 Å². The van der Waals surface area contributed by atoms with Crippen molar-refractivity contribution >= 4 is 42.4 Å². The maximum atomic E-state index is 12.3. The summed E-state index contributed by atoms with van der Waals surface area (Å²) >= 11 is 3.41. The molecule has 0 aliphatic heterocycles. The molecule has 1 heterocycles. The molecule has 0 fully saturated rings. The van der Waals surface area contributed by atoms with Crippen molar-refractivity contribution < 1.29 is 8.42 Å². The van der Waals surface area contributed by atoms with Crippen LogP contribution in [0.15, 0.2) is 58.2 Å². The van der Waals surface area contributed by atoms with Gasteiger partial charge in [-0.05, 0) is 41.1 Å². The summed E-state index contributed by atoms with van der Waals surface area (Å²) in [5, 5.41) is 6.00. The molecule has 0 saturated carbocycles. The van der Waals surface area contributed by atoms with Crippen molar-refractivity contribution in [2.75, 3.05) is 4.72 Å². The third kappa shape index (κ3) is 2.79. The van der Waals surface area contributed by atoms with Crippen LogP contribution in [0.25, 0.3) is 10.8 Å². The van der Waals surface area contributed by atoms with Crippen LogP contribution in [-0.2, 0) is 17.1 Å². The van der Waals surface area contributed by atoms with Gasteiger partial charge in [0.1, 0.15) is 0 Å². The van der Waals surface area contributed by atoms with E-state index >= 15 is 0 Å². The minimum Gasteiger partial charge on any atom is -0.278 e. The monoisotopic (exact) mass is 365 g/mol. The molecule has 3 rings (SSSR count). The van der Waals surface area contributed by atoms with Crippen LogP contribution < -0.4 is 4.72 Å². The average Bonchev–Trinajstić information content (AvgIpc) is 2.86. The van der Waals surface area contributed by atoms with Crippen LogP contribution in [0.2, 0.25) is 0 Å². The Bertz CT molecular complexity index is 919. The van der Waals surface area contributed by atoms with E-state index in [4.69, 9.17) is 0 Å². The van der Waals surface area contributed by atoms with E-state index in [1.165, 1.54) is 16.9 Å². The van der Waals surface area contributed by atoms with Gasteiger partial charge in [-0.15, -0.1) is 0 Å². The molecule has 0 spiro atoms. The molecule has 7 heteroatoms. The van der Waals surface area contributed by atoms with E-state index in [0.717, 1.165) is 15.2 Å². The van der Waals surface area contributed by atoms with Crippen LogP contribution >= 0.6 is 15.9 Å². The molecule has 3 aromatic rings. The van der Waals surface area contributed by atoms with E-state index in [9.17, 15) is 8.42 Å². The Hall–Kier alpha value is -1.86. The van der Waals surface area contributed by atoms with Gasteiger partial charge in [-0.25, -0.2) is 0 Å². The molecule has 1 N–H and O–H groups in total. The summed E-state index contributed by atoms with van der Waals surface area (Å²) in [6.07, 6.45) is 1.45. The van der Waals surface area contributed by atoms with E-state index < -0.39 is 10.0 Å². The van der Waals surface area contributed by atoms with E-state index in [0.29, 0.717) is 5.69 Å². The zero-order valence-corrected chi connectivity index (χ0v) is 13.5. The van der Waals surface area contributed by atoms with Crippen LogP contribution in [0, 0.1) is 0 Å². The summed E-state index contributed by atoms with van der Waals surface area (Å²) in [4.78, 5) is 0. The van der Waals surface area contributed by atoms with E-state index in [1.54, 1.807) is 19.2 Å². The van der Waals surface area contributed by atoms with Crippen molar-refractivity contribution in [1.82, 2.24) is 9.78 Å². The van der Waals surface area contributed by atoms with Gasteiger partial charge in [-0.2, -0.15) is 13.5 Å². The molecule has 0 atom stereocenters. The van der Waals surface area contributed by atoms with Crippen molar-refractivity contribution in [2.45, 2.75) is 5.03 Å². The number of benzene rings is 2. The molecular formula is C14H12BrN3O2S. The smallest absolute Gasteiger partial charge is 0.278 e. The van der Waals surface area contributed by atoms with Crippen LogP contribution in [0.5, 0.6) is 0 Å². The molecule has 0 amide bonds. The van der Waals surface area contributed by atoms with Gasteiger partial charge in [-0.1, -0.05) is 28.1 Å². The van der Waals surface area contributed by atoms with Gasteiger partial charge in [0, 0.05) is 17.2 Å². The number of nitrogens with zero attached hydrogens (tertiary/aromatic N) is 2. The van der Waals surface area contributed by atoms with E-state index in [1.807, 2.05) is 24.3 Å². The number of hydrogen-bond donors (Lipinski definition) is 1. The van der Waals surface area contributed by atoms with Crippen LogP contribution in [0.3, 0.4) is 0 Å². The molecule has 0 saturated heterocycles. The van der Waals surface area contributed by atoms with Crippen LogP contribution in [-0.4, -0.2) is 18.2 Å². The zero-order chi connectivity index (χ0) is 15.0. The number of aromatic nitrogens is 2. The van der Waals surface area contributed by atoms with Gasteiger partial charge in [0.05, 0.1) is 6.20 Å². The Kier molecular flexibility index (Phi) is 3.46. The number of fused-ring (bicyclic) bond motifs is 1. The molecule has 1 aromatic heterocycles. The second-order valence-electron chi connectivity index (χ2n) is 4.60. The topological polar surface area (TPSA) is 64.0 Å². The lowest BCUT2D eigenvalue weighted by molar-refractivity contribution is 0.582. The third-order valence-electron chi connectivity index (χ3n) is 3.11. The van der Waals surface area contributed by atoms with E-state index in [-0.39, 0.29) is 5.03 Å². The Labute approximate surface area is 130 Å². The fourth-order valence-electron chi connectivity index (χ4n) is 2.11. The highest BCUT2D eigenvalue weighted by Gasteiger charge is 2.18. The predicted octanol–water partition coefficient (Wildman–Crippen LogP) is 3.14. The lowest BCUT2D eigenvalue weighted by Crippen LogP contribution is -2.16. The molecule has 2 aromatic carbocycles. The maximum absolute atomic E-state index is 12.3. The molecule has 0 radical (unpaired) electrons. The summed E-state index contributed by atoms with van der Waals surface area (Å²) in [6.45, 7) is 0. The van der Waals surface area contributed by atoms with Crippen molar-refractivity contribution in [1.29, 1.82) is 0 Å². The highest BCUT2D eigenvalue weighted by atomic mass is 79.9. The van der Waals surface area contributed by atoms with Crippen molar-refractivity contribution in [3.63, 3.8) is 0 Å². The number of nitrogens with one attached hydrogen (secondary N) is 1. The quantitative estimate of drug-likeness (QED) is 0.775. The van der Waals surface area contributed by atoms with Gasteiger partial charge in [0.25, 0.3) is 10.0 Å². The Morgan fingerprint density at radius 1 is 1.10 bits per heavy atom. The number of halogens is 1. The third-order valence-corrected chi connectivity index (χ3v) is 5.05. The van der Waals surface area contributed by atoms with Gasteiger partial charge >= 0.3 is 0 Å². The Morgan fingerprint density at radius 3 is 2.52 bits per heavy atom. The Morgan fingerprint density at radius 2 is 1.81 bits per heavy atom. The standard InChI is InChI=1S/C14H12BrN3O2S/c1-18-14(6-7-16-18)21(19,20)17-13-5-3-10-8-12(15)4-2-11(10)9-13/h2-9,17H,1H3. The number of sulfonamides is 1. The molecule has 108 valence electrons. The normalized spacial score (nSPS) is 11.7. The zero-order valence-electron chi connectivity index (χ0n) is 11.1. The van der Waals surface area contributed by atoms with Gasteiger partial charge in [0.2, 0.25) is 0 Å². The molecule has 0 aliphatic rings. The summed E-state index contributed by atoms with van der Waals surface area (Å²) in [7, 11) is -2.05. The van der Waals surface area contributed by atoms with Gasteiger partial charge < -0.3 is 0 Å². The molecule has 21 heavy (non-hydrogen) atoms. The number of rotatable bonds is 3. The first-order valence-electron chi connectivity index (χ1n) is 6.16. The molecule has 5 nitrogen and oxygen atoms in total. The van der Waals surface area contributed by atoms with E-state index in [2.05, 4.69) is 25.8 Å². The number of hydrogen-bond acceptors (Lipinski definition) is 3. The SMILES string of the molecule is Cn1nccc1S(=O)(=O)Nc1ccc2cc(Br)ccc2c1. The highest BCUT2D eigenvalue weighted by molar-refractivity contribution is 9.10. The largest absolute Gasteiger partial charge is 0.279 e. The molecule has 0 unspecified atom stereocenters. The fourth-order valence-corrected chi connectivity index (χ4v) is 3.67. The minimum atomic E-state index is -3.64. The van der Waals surface area contributed by atoms with Crippen LogP contribution in [0.1, 0.15) is 0 Å². The second-order valence-corrected chi connectivity index (χ2v) is 7.15. The molecular weight excluding hydrogens is 354 g/mol. The molecule has 0 aliphatic carbocycles. The first-order chi connectivity index (χ1) is 9.95. The summed E-state index contributed by atoms with van der Waals surface area (Å²) in [5.74, 6) is 0. The predicted molar refractivity (Wildman–Crippen MR) is 85.7 cm³/mol. The first-order valence-corrected chi connectivity index (χ1v) is 8.43. The minimum absolute atomic E-state index is 0.124. The first kappa shape index (κ1) is 14.1. The van der Waals surface area contributed by atoms with Gasteiger partial charge in [0.15, 0.2) is 5.03 Å². The number of anilines is 1. The van der Waals surface area contributed by atoms with Crippen molar-refractivity contribution in [3.8, 4) is 0 Å². The summed E-state index contributed by atoms with van der Waals surface area (Å²) in [6, 6.07) is 12.7. The summed E-state index contributed by atoms with van der Waals surface area (Å²) in [5.41, 5.74) is 0.519. The number of aryl methyl sites for hydroxylation is 1. The van der Waals surface area contributed by atoms with Crippen LogP contribution in [0.4, 0.5) is 5.69 Å². The van der Waals surface area contributed by atoms with Gasteiger partial charge in [-0.3, -0.25) is 9.40 Å². The average molecular weight is 366 g/mol. The highest BCUT2D eigenvalue weighted by Crippen LogP contribution is 2.24. The fraction of sp³-hybridized carbons (Fsp3) is 0.0714. The Balaban J connectivity index is 1.98. The lowest BCUT2D eigenvalue weighted by atomic mass is 10.1. The molecule has 0 bridgehead atoms. The maximum Gasteiger partial charge on any atom is 0.279 e. The van der Waals surface area contributed by atoms with Crippen molar-refractivity contribution in [3.05, 3.63) is 53.1 Å². The summed E-state index contributed by atoms with van der Waals surface area (Å²) < 4.78 is 29.5. The second kappa shape index (κ2) is 5.16.